The number of hydrogen-bond acceptors (Lipinski definition) is 5. The van der Waals surface area contributed by atoms with E-state index in [1.807, 2.05) is 50.2 Å². The van der Waals surface area contributed by atoms with Crippen LogP contribution < -0.4 is 9.47 Å². The number of rotatable bonds is 11. The molecule has 1 aromatic heterocycles. The summed E-state index contributed by atoms with van der Waals surface area (Å²) in [6, 6.07) is 18.5. The van der Waals surface area contributed by atoms with Gasteiger partial charge in [-0.05, 0) is 50.1 Å². The number of amides is 2. The molecule has 180 valence electrons. The van der Waals surface area contributed by atoms with E-state index in [-0.39, 0.29) is 24.4 Å². The quantitative estimate of drug-likeness (QED) is 0.420. The Morgan fingerprint density at radius 2 is 1.62 bits per heavy atom. The third-order valence-corrected chi connectivity index (χ3v) is 5.58. The molecule has 0 radical (unpaired) electrons. The number of ether oxygens (including phenoxy) is 2. The molecule has 0 aliphatic heterocycles. The van der Waals surface area contributed by atoms with E-state index in [1.54, 1.807) is 40.3 Å². The van der Waals surface area contributed by atoms with Gasteiger partial charge in [-0.15, -0.1) is 0 Å². The van der Waals surface area contributed by atoms with Crippen LogP contribution >= 0.6 is 0 Å². The Hall–Kier alpha value is -3.74. The maximum Gasteiger partial charge on any atom is 0.254 e. The molecule has 0 fully saturated rings. The summed E-state index contributed by atoms with van der Waals surface area (Å²) < 4.78 is 16.1. The number of benzene rings is 2. The molecule has 0 bridgehead atoms. The normalized spacial score (nSPS) is 10.7. The minimum atomic E-state index is -0.262. The highest BCUT2D eigenvalue weighted by Crippen LogP contribution is 2.24. The molecule has 34 heavy (non-hydrogen) atoms. The summed E-state index contributed by atoms with van der Waals surface area (Å²) in [4.78, 5) is 30.1. The van der Waals surface area contributed by atoms with Crippen molar-refractivity contribution in [2.24, 2.45) is 0 Å². The molecule has 0 unspecified atom stereocenters. The smallest absolute Gasteiger partial charge is 0.254 e. The zero-order valence-electron chi connectivity index (χ0n) is 20.2. The second-order valence-electron chi connectivity index (χ2n) is 8.26. The summed E-state index contributed by atoms with van der Waals surface area (Å²) >= 11 is 0. The van der Waals surface area contributed by atoms with Crippen molar-refractivity contribution in [3.63, 3.8) is 0 Å². The molecule has 2 aromatic carbocycles. The fraction of sp³-hybridized carbons (Fsp3) is 0.333. The Morgan fingerprint density at radius 3 is 2.18 bits per heavy atom. The van der Waals surface area contributed by atoms with Crippen LogP contribution in [0.2, 0.25) is 0 Å². The van der Waals surface area contributed by atoms with Crippen LogP contribution in [0.4, 0.5) is 0 Å². The number of nitrogens with zero attached hydrogens (tertiary/aromatic N) is 2. The number of furan rings is 1. The lowest BCUT2D eigenvalue weighted by Gasteiger charge is -2.30. The Labute approximate surface area is 200 Å². The van der Waals surface area contributed by atoms with Crippen LogP contribution in [-0.4, -0.2) is 55.0 Å². The van der Waals surface area contributed by atoms with Crippen molar-refractivity contribution in [2.45, 2.75) is 32.9 Å². The van der Waals surface area contributed by atoms with Crippen molar-refractivity contribution >= 4 is 11.8 Å². The molecule has 3 rings (SSSR count). The summed E-state index contributed by atoms with van der Waals surface area (Å²) in [5.41, 5.74) is 1.54. The molecule has 7 heteroatoms. The van der Waals surface area contributed by atoms with Gasteiger partial charge < -0.3 is 23.7 Å². The summed E-state index contributed by atoms with van der Waals surface area (Å²) in [5, 5.41) is 0. The van der Waals surface area contributed by atoms with E-state index < -0.39 is 0 Å². The highest BCUT2D eigenvalue weighted by atomic mass is 16.5. The van der Waals surface area contributed by atoms with Crippen LogP contribution in [0.25, 0.3) is 0 Å². The molecule has 0 N–H and O–H groups in total. The molecule has 0 aliphatic rings. The van der Waals surface area contributed by atoms with Crippen LogP contribution in [0.15, 0.2) is 71.3 Å². The van der Waals surface area contributed by atoms with E-state index in [1.165, 1.54) is 14.2 Å². The van der Waals surface area contributed by atoms with Gasteiger partial charge in [0.2, 0.25) is 5.91 Å². The Balaban J connectivity index is 1.79. The third-order valence-electron chi connectivity index (χ3n) is 5.58. The second kappa shape index (κ2) is 11.9. The number of carbonyl (C=O) groups is 2. The first-order valence-electron chi connectivity index (χ1n) is 11.3. The second-order valence-corrected chi connectivity index (χ2v) is 8.26. The topological polar surface area (TPSA) is 72.2 Å². The SMILES string of the molecule is COc1cc(OC)cc(C(=O)N(CC(=O)N(CCc2ccccc2)Cc2ccco2)C(C)C)c1. The zero-order chi connectivity index (χ0) is 24.5. The summed E-state index contributed by atoms with van der Waals surface area (Å²) in [6.45, 7) is 4.58. The lowest BCUT2D eigenvalue weighted by molar-refractivity contribution is -0.133. The molecular weight excluding hydrogens is 432 g/mol. The van der Waals surface area contributed by atoms with Crippen molar-refractivity contribution in [3.05, 3.63) is 83.8 Å². The van der Waals surface area contributed by atoms with E-state index >= 15 is 0 Å². The van der Waals surface area contributed by atoms with Gasteiger partial charge in [0.15, 0.2) is 0 Å². The van der Waals surface area contributed by atoms with Crippen LogP contribution in [0.5, 0.6) is 11.5 Å². The lowest BCUT2D eigenvalue weighted by Crippen LogP contribution is -2.46. The minimum absolute atomic E-state index is 0.0501. The van der Waals surface area contributed by atoms with Crippen molar-refractivity contribution in [2.75, 3.05) is 27.3 Å². The molecule has 2 amide bonds. The maximum atomic E-state index is 13.4. The van der Waals surface area contributed by atoms with Gasteiger partial charge in [-0.3, -0.25) is 9.59 Å². The van der Waals surface area contributed by atoms with E-state index in [0.29, 0.717) is 42.3 Å². The van der Waals surface area contributed by atoms with Crippen LogP contribution in [0, 0.1) is 0 Å². The van der Waals surface area contributed by atoms with Crippen molar-refractivity contribution in [3.8, 4) is 11.5 Å². The largest absolute Gasteiger partial charge is 0.497 e. The fourth-order valence-corrected chi connectivity index (χ4v) is 3.62. The van der Waals surface area contributed by atoms with Crippen molar-refractivity contribution in [1.82, 2.24) is 9.80 Å². The van der Waals surface area contributed by atoms with Gasteiger partial charge in [0.1, 0.15) is 23.8 Å². The molecule has 0 saturated carbocycles. The fourth-order valence-electron chi connectivity index (χ4n) is 3.62. The van der Waals surface area contributed by atoms with Crippen molar-refractivity contribution < 1.29 is 23.5 Å². The van der Waals surface area contributed by atoms with E-state index in [4.69, 9.17) is 13.9 Å². The minimum Gasteiger partial charge on any atom is -0.497 e. The van der Waals surface area contributed by atoms with Gasteiger partial charge in [0, 0.05) is 24.2 Å². The lowest BCUT2D eigenvalue weighted by atomic mass is 10.1. The first-order valence-corrected chi connectivity index (χ1v) is 11.3. The molecule has 1 heterocycles. The first-order chi connectivity index (χ1) is 16.4. The summed E-state index contributed by atoms with van der Waals surface area (Å²) in [5.74, 6) is 1.31. The van der Waals surface area contributed by atoms with Gasteiger partial charge in [-0.1, -0.05) is 30.3 Å². The monoisotopic (exact) mass is 464 g/mol. The maximum absolute atomic E-state index is 13.4. The van der Waals surface area contributed by atoms with Crippen molar-refractivity contribution in [1.29, 1.82) is 0 Å². The zero-order valence-corrected chi connectivity index (χ0v) is 20.2. The van der Waals surface area contributed by atoms with Crippen LogP contribution in [0.3, 0.4) is 0 Å². The van der Waals surface area contributed by atoms with Gasteiger partial charge in [-0.2, -0.15) is 0 Å². The molecular formula is C27H32N2O5. The molecule has 0 atom stereocenters. The first kappa shape index (κ1) is 24.9. The highest BCUT2D eigenvalue weighted by Gasteiger charge is 2.26. The Morgan fingerprint density at radius 1 is 0.941 bits per heavy atom. The average molecular weight is 465 g/mol. The van der Waals surface area contributed by atoms with Gasteiger partial charge in [0.05, 0.1) is 27.0 Å². The van der Waals surface area contributed by atoms with E-state index in [2.05, 4.69) is 0 Å². The van der Waals surface area contributed by atoms with Crippen LogP contribution in [-0.2, 0) is 17.8 Å². The molecule has 7 nitrogen and oxygen atoms in total. The molecule has 0 spiro atoms. The predicted molar refractivity (Wildman–Crippen MR) is 130 cm³/mol. The Kier molecular flexibility index (Phi) is 8.73. The number of methoxy groups -OCH3 is 2. The highest BCUT2D eigenvalue weighted by molar-refractivity contribution is 5.97. The average Bonchev–Trinajstić information content (AvgIpc) is 3.37. The number of carbonyl (C=O) groups excluding carboxylic acids is 2. The molecule has 3 aromatic rings. The standard InChI is InChI=1S/C27H32N2O5/c1-20(2)29(27(31)22-15-24(32-3)17-25(16-22)33-4)19-26(30)28(18-23-11-8-14-34-23)13-12-21-9-6-5-7-10-21/h5-11,14-17,20H,12-13,18-19H2,1-4H3. The van der Waals surface area contributed by atoms with E-state index in [0.717, 1.165) is 5.56 Å². The number of hydrogen-bond donors (Lipinski definition) is 0. The molecule has 0 aliphatic carbocycles. The molecule has 0 saturated heterocycles. The van der Waals surface area contributed by atoms with Gasteiger partial charge in [0.25, 0.3) is 5.91 Å². The third kappa shape index (κ3) is 6.63. The van der Waals surface area contributed by atoms with Gasteiger partial charge in [-0.25, -0.2) is 0 Å². The summed E-state index contributed by atoms with van der Waals surface area (Å²) in [7, 11) is 3.07. The summed E-state index contributed by atoms with van der Waals surface area (Å²) in [6.07, 6.45) is 2.30. The van der Waals surface area contributed by atoms with Gasteiger partial charge >= 0.3 is 0 Å². The van der Waals surface area contributed by atoms with E-state index in [9.17, 15) is 9.59 Å². The Bertz CT molecular complexity index is 1040. The predicted octanol–water partition coefficient (Wildman–Crippen LogP) is 4.42. The van der Waals surface area contributed by atoms with Crippen LogP contribution in [0.1, 0.15) is 35.5 Å².